The van der Waals surface area contributed by atoms with E-state index < -0.39 is 10.8 Å². The molecule has 1 aliphatic rings. The summed E-state index contributed by atoms with van der Waals surface area (Å²) >= 11 is 6.14. The summed E-state index contributed by atoms with van der Waals surface area (Å²) in [6.45, 7) is 4.83. The number of hydrogen-bond donors (Lipinski definition) is 0. The van der Waals surface area contributed by atoms with Gasteiger partial charge in [0.05, 0.1) is 11.1 Å². The number of amides is 1. The number of hydrogen-bond acceptors (Lipinski definition) is 3. The second-order valence-corrected chi connectivity index (χ2v) is 8.39. The van der Waals surface area contributed by atoms with E-state index in [0.29, 0.717) is 29.2 Å². The van der Waals surface area contributed by atoms with Gasteiger partial charge in [-0.05, 0) is 32.0 Å². The third-order valence-electron chi connectivity index (χ3n) is 3.94. The average Bonchev–Trinajstić information content (AvgIpc) is 2.50. The van der Waals surface area contributed by atoms with Crippen molar-refractivity contribution in [2.75, 3.05) is 13.1 Å². The number of pyridine rings is 1. The van der Waals surface area contributed by atoms with Crippen molar-refractivity contribution in [1.29, 1.82) is 0 Å². The maximum atomic E-state index is 12.9. The monoisotopic (exact) mass is 336 g/mol. The van der Waals surface area contributed by atoms with Crippen LogP contribution in [-0.4, -0.2) is 43.6 Å². The maximum Gasteiger partial charge on any atom is 0.256 e. The summed E-state index contributed by atoms with van der Waals surface area (Å²) in [5.74, 6) is -0.0957. The fourth-order valence-corrected chi connectivity index (χ4v) is 4.57. The van der Waals surface area contributed by atoms with Gasteiger partial charge in [-0.1, -0.05) is 17.7 Å². The largest absolute Gasteiger partial charge is 0.336 e. The third-order valence-corrected chi connectivity index (χ3v) is 6.04. The minimum absolute atomic E-state index is 0.0221. The number of benzene rings is 1. The first kappa shape index (κ1) is 15.4. The van der Waals surface area contributed by atoms with E-state index in [1.807, 2.05) is 26.0 Å². The molecule has 0 saturated carbocycles. The Morgan fingerprint density at radius 1 is 1.32 bits per heavy atom. The van der Waals surface area contributed by atoms with E-state index in [1.165, 1.54) is 0 Å². The molecular formula is C16H17ClN2O2S. The smallest absolute Gasteiger partial charge is 0.256 e. The number of rotatable bonds is 1. The SMILES string of the molecule is CC1CN(C(=O)c2cc(Cl)cc3cccnc23)CC(C)S1=O. The van der Waals surface area contributed by atoms with Crippen LogP contribution in [0, 0.1) is 0 Å². The molecule has 1 saturated heterocycles. The predicted molar refractivity (Wildman–Crippen MR) is 89.7 cm³/mol. The first-order chi connectivity index (χ1) is 10.5. The van der Waals surface area contributed by atoms with Gasteiger partial charge in [-0.15, -0.1) is 0 Å². The van der Waals surface area contributed by atoms with Gasteiger partial charge in [0.2, 0.25) is 0 Å². The number of carbonyl (C=O) groups excluding carboxylic acids is 1. The van der Waals surface area contributed by atoms with E-state index in [0.717, 1.165) is 5.39 Å². The molecule has 0 aliphatic carbocycles. The lowest BCUT2D eigenvalue weighted by Gasteiger charge is -2.34. The Labute approximate surface area is 136 Å². The Bertz CT molecular complexity index is 751. The molecule has 22 heavy (non-hydrogen) atoms. The van der Waals surface area contributed by atoms with Crippen LogP contribution in [0.3, 0.4) is 0 Å². The number of fused-ring (bicyclic) bond motifs is 1. The van der Waals surface area contributed by atoms with Gasteiger partial charge in [0, 0.05) is 51.0 Å². The van der Waals surface area contributed by atoms with Gasteiger partial charge in [-0.2, -0.15) is 0 Å². The van der Waals surface area contributed by atoms with Crippen molar-refractivity contribution in [3.05, 3.63) is 41.0 Å². The second kappa shape index (κ2) is 5.97. The van der Waals surface area contributed by atoms with Gasteiger partial charge in [0.1, 0.15) is 0 Å². The summed E-state index contributed by atoms with van der Waals surface area (Å²) < 4.78 is 12.0. The third kappa shape index (κ3) is 2.75. The van der Waals surface area contributed by atoms with Gasteiger partial charge in [-0.25, -0.2) is 0 Å². The van der Waals surface area contributed by atoms with E-state index in [2.05, 4.69) is 4.98 Å². The minimum atomic E-state index is -0.890. The summed E-state index contributed by atoms with van der Waals surface area (Å²) in [5.41, 5.74) is 1.17. The summed E-state index contributed by atoms with van der Waals surface area (Å²) in [6, 6.07) is 7.18. The molecule has 1 fully saturated rings. The van der Waals surface area contributed by atoms with Crippen molar-refractivity contribution in [3.63, 3.8) is 0 Å². The zero-order chi connectivity index (χ0) is 15.9. The topological polar surface area (TPSA) is 50.3 Å². The highest BCUT2D eigenvalue weighted by atomic mass is 35.5. The predicted octanol–water partition coefficient (Wildman–Crippen LogP) is 2.87. The molecule has 6 heteroatoms. The van der Waals surface area contributed by atoms with Gasteiger partial charge in [-0.3, -0.25) is 14.0 Å². The Morgan fingerprint density at radius 3 is 2.68 bits per heavy atom. The van der Waals surface area contributed by atoms with Crippen molar-refractivity contribution in [2.45, 2.75) is 24.3 Å². The van der Waals surface area contributed by atoms with E-state index in [1.54, 1.807) is 23.2 Å². The maximum absolute atomic E-state index is 12.9. The highest BCUT2D eigenvalue weighted by Crippen LogP contribution is 2.25. The Hall–Kier alpha value is -1.46. The van der Waals surface area contributed by atoms with Crippen LogP contribution in [0.5, 0.6) is 0 Å². The quantitative estimate of drug-likeness (QED) is 0.804. The second-order valence-electron chi connectivity index (χ2n) is 5.69. The Balaban J connectivity index is 2.01. The number of carbonyl (C=O) groups is 1. The fraction of sp³-hybridized carbons (Fsp3) is 0.375. The molecule has 1 amide bonds. The van der Waals surface area contributed by atoms with E-state index in [9.17, 15) is 9.00 Å². The molecule has 1 aliphatic heterocycles. The van der Waals surface area contributed by atoms with Crippen molar-refractivity contribution < 1.29 is 9.00 Å². The summed E-state index contributed by atoms with van der Waals surface area (Å²) in [7, 11) is -0.890. The van der Waals surface area contributed by atoms with Crippen LogP contribution in [0.1, 0.15) is 24.2 Å². The number of halogens is 1. The van der Waals surface area contributed by atoms with Gasteiger partial charge >= 0.3 is 0 Å². The van der Waals surface area contributed by atoms with Crippen LogP contribution >= 0.6 is 11.6 Å². The molecular weight excluding hydrogens is 320 g/mol. The van der Waals surface area contributed by atoms with E-state index >= 15 is 0 Å². The van der Waals surface area contributed by atoms with E-state index in [4.69, 9.17) is 11.6 Å². The summed E-state index contributed by atoms with van der Waals surface area (Å²) in [6.07, 6.45) is 1.67. The van der Waals surface area contributed by atoms with Crippen LogP contribution in [-0.2, 0) is 10.8 Å². The van der Waals surface area contributed by atoms with Gasteiger partial charge in [0.25, 0.3) is 5.91 Å². The first-order valence-electron chi connectivity index (χ1n) is 7.20. The Morgan fingerprint density at radius 2 is 2.00 bits per heavy atom. The van der Waals surface area contributed by atoms with E-state index in [-0.39, 0.29) is 16.4 Å². The molecule has 0 spiro atoms. The molecule has 2 heterocycles. The lowest BCUT2D eigenvalue weighted by Crippen LogP contribution is -2.49. The Kier molecular flexibility index (Phi) is 4.19. The molecule has 2 unspecified atom stereocenters. The minimum Gasteiger partial charge on any atom is -0.336 e. The van der Waals surface area contributed by atoms with Gasteiger partial charge < -0.3 is 4.90 Å². The number of nitrogens with zero attached hydrogens (tertiary/aromatic N) is 2. The van der Waals surface area contributed by atoms with Crippen molar-refractivity contribution in [1.82, 2.24) is 9.88 Å². The molecule has 4 nitrogen and oxygen atoms in total. The van der Waals surface area contributed by atoms with Crippen LogP contribution in [0.15, 0.2) is 30.5 Å². The molecule has 2 aromatic rings. The summed E-state index contributed by atoms with van der Waals surface area (Å²) in [4.78, 5) is 19.0. The fourth-order valence-electron chi connectivity index (χ4n) is 2.89. The summed E-state index contributed by atoms with van der Waals surface area (Å²) in [5, 5.41) is 1.32. The van der Waals surface area contributed by atoms with Crippen LogP contribution in [0.2, 0.25) is 5.02 Å². The first-order valence-corrected chi connectivity index (χ1v) is 8.85. The zero-order valence-electron chi connectivity index (χ0n) is 12.5. The average molecular weight is 337 g/mol. The lowest BCUT2D eigenvalue weighted by molar-refractivity contribution is 0.0753. The highest BCUT2D eigenvalue weighted by Gasteiger charge is 2.32. The standard InChI is InChI=1S/C16H17ClN2O2S/c1-10-8-19(9-11(2)22(10)21)16(20)14-7-13(17)6-12-4-3-5-18-15(12)14/h3-7,10-11H,8-9H2,1-2H3. The molecule has 0 N–H and O–H groups in total. The van der Waals surface area contributed by atoms with Crippen molar-refractivity contribution in [3.8, 4) is 0 Å². The zero-order valence-corrected chi connectivity index (χ0v) is 14.0. The number of aromatic nitrogens is 1. The molecule has 1 aromatic heterocycles. The van der Waals surface area contributed by atoms with Crippen LogP contribution < -0.4 is 0 Å². The molecule has 1 aromatic carbocycles. The van der Waals surface area contributed by atoms with Crippen molar-refractivity contribution in [2.24, 2.45) is 0 Å². The lowest BCUT2D eigenvalue weighted by atomic mass is 10.1. The van der Waals surface area contributed by atoms with Crippen molar-refractivity contribution >= 4 is 39.2 Å². The molecule has 116 valence electrons. The molecule has 0 bridgehead atoms. The van der Waals surface area contributed by atoms with Crippen LogP contribution in [0.4, 0.5) is 0 Å². The molecule has 3 rings (SSSR count). The molecule has 2 atom stereocenters. The molecule has 0 radical (unpaired) electrons. The van der Waals surface area contributed by atoms with Crippen LogP contribution in [0.25, 0.3) is 10.9 Å². The van der Waals surface area contributed by atoms with Gasteiger partial charge in [0.15, 0.2) is 0 Å². The normalized spacial score (nSPS) is 25.4. The highest BCUT2D eigenvalue weighted by molar-refractivity contribution is 7.86.